The number of aliphatic imine (C=N–C) groups is 1. The van der Waals surface area contributed by atoms with E-state index in [0.29, 0.717) is 43.4 Å². The fourth-order valence-electron chi connectivity index (χ4n) is 4.91. The first-order valence-electron chi connectivity index (χ1n) is 10.9. The summed E-state index contributed by atoms with van der Waals surface area (Å²) in [4.78, 5) is 31.7. The Bertz CT molecular complexity index is 1110. The first-order chi connectivity index (χ1) is 15.5. The number of ether oxygens (including phenoxy) is 1. The van der Waals surface area contributed by atoms with Crippen LogP contribution in [0.15, 0.2) is 15.3 Å². The van der Waals surface area contributed by atoms with Gasteiger partial charge >= 0.3 is 6.09 Å². The standard InChI is InChI=1S/C21H26ClFN6O3S/c1-21(2,3)32-20(30)29-11-5-6-12(29)10-27(9-11)18-13-15(25-19(26-18)33(4)31)14(23)16(22)28-8-7-24-17(13)28/h11-12H,5-10H2,1-4H3. The normalized spacial score (nSPS) is 25.2. The summed E-state index contributed by atoms with van der Waals surface area (Å²) >= 11 is 6.27. The summed E-state index contributed by atoms with van der Waals surface area (Å²) in [6.07, 6.45) is 2.82. The third-order valence-corrected chi connectivity index (χ3v) is 7.27. The molecule has 2 bridgehead atoms. The van der Waals surface area contributed by atoms with Crippen molar-refractivity contribution < 1.29 is 18.1 Å². The van der Waals surface area contributed by atoms with Gasteiger partial charge in [-0.1, -0.05) is 11.6 Å². The van der Waals surface area contributed by atoms with E-state index in [1.165, 1.54) is 6.26 Å². The number of amidine groups is 1. The zero-order chi connectivity index (χ0) is 23.7. The molecule has 4 aliphatic rings. The minimum atomic E-state index is -1.52. The largest absolute Gasteiger partial charge is 0.444 e. The van der Waals surface area contributed by atoms with Crippen LogP contribution in [-0.4, -0.2) is 86.0 Å². The highest BCUT2D eigenvalue weighted by Gasteiger charge is 2.46. The molecule has 0 radical (unpaired) electrons. The number of carbonyl (C=O) groups excluding carboxylic acids is 1. The van der Waals surface area contributed by atoms with Gasteiger partial charge in [-0.2, -0.15) is 0 Å². The molecule has 0 N–H and O–H groups in total. The molecule has 1 amide bonds. The number of carbonyl (C=O) groups is 1. The van der Waals surface area contributed by atoms with Gasteiger partial charge in [0.15, 0.2) is 5.83 Å². The predicted molar refractivity (Wildman–Crippen MR) is 123 cm³/mol. The minimum Gasteiger partial charge on any atom is -0.444 e. The Balaban J connectivity index is 1.55. The number of piperazine rings is 1. The lowest BCUT2D eigenvalue weighted by atomic mass is 10.1. The topological polar surface area (TPSA) is 91.2 Å². The van der Waals surface area contributed by atoms with Crippen molar-refractivity contribution >= 4 is 46.0 Å². The fourth-order valence-corrected chi connectivity index (χ4v) is 5.60. The van der Waals surface area contributed by atoms with Crippen molar-refractivity contribution in [1.29, 1.82) is 0 Å². The van der Waals surface area contributed by atoms with Gasteiger partial charge < -0.3 is 14.5 Å². The van der Waals surface area contributed by atoms with Crippen molar-refractivity contribution in [2.45, 2.75) is 56.5 Å². The molecule has 12 heteroatoms. The number of hydrogen-bond donors (Lipinski definition) is 0. The zero-order valence-corrected chi connectivity index (χ0v) is 20.5. The number of fused-ring (bicyclic) bond motifs is 5. The molecule has 2 fully saturated rings. The van der Waals surface area contributed by atoms with Gasteiger partial charge in [-0.25, -0.2) is 19.2 Å². The molecule has 1 aromatic rings. The van der Waals surface area contributed by atoms with Crippen molar-refractivity contribution in [3.8, 4) is 0 Å². The summed E-state index contributed by atoms with van der Waals surface area (Å²) in [6.45, 7) is 7.51. The van der Waals surface area contributed by atoms with Crippen molar-refractivity contribution in [3.05, 3.63) is 16.4 Å². The van der Waals surface area contributed by atoms with E-state index in [1.807, 2.05) is 30.6 Å². The third kappa shape index (κ3) is 3.78. The lowest BCUT2D eigenvalue weighted by molar-refractivity contribution is 0.0122. The monoisotopic (exact) mass is 496 g/mol. The van der Waals surface area contributed by atoms with E-state index < -0.39 is 22.2 Å². The Labute approximate surface area is 199 Å². The van der Waals surface area contributed by atoms with Gasteiger partial charge in [-0.15, -0.1) is 0 Å². The zero-order valence-electron chi connectivity index (χ0n) is 19.0. The molecule has 5 heterocycles. The van der Waals surface area contributed by atoms with Crippen LogP contribution in [0.1, 0.15) is 44.9 Å². The van der Waals surface area contributed by atoms with E-state index in [0.717, 1.165) is 12.8 Å². The number of amides is 1. The Morgan fingerprint density at radius 1 is 1.21 bits per heavy atom. The SMILES string of the molecule is CS(=O)c1nc2c(c(N3CC4CCC(C3)N4C(=O)OC(C)(C)C)n1)C1=NCCN1C(Cl)=C2F. The van der Waals surface area contributed by atoms with Gasteiger partial charge in [0.25, 0.3) is 0 Å². The maximum atomic E-state index is 15.3. The molecular formula is C21H26ClFN6O3S. The van der Waals surface area contributed by atoms with Crippen LogP contribution in [-0.2, 0) is 15.5 Å². The third-order valence-electron chi connectivity index (χ3n) is 6.20. The molecule has 0 aliphatic carbocycles. The van der Waals surface area contributed by atoms with E-state index >= 15 is 4.39 Å². The maximum absolute atomic E-state index is 15.3. The second kappa shape index (κ2) is 7.90. The molecule has 9 nitrogen and oxygen atoms in total. The second-order valence-electron chi connectivity index (χ2n) is 9.65. The number of nitrogens with zero attached hydrogens (tertiary/aromatic N) is 6. The molecule has 3 atom stereocenters. The molecule has 33 heavy (non-hydrogen) atoms. The minimum absolute atomic E-state index is 0.0222. The summed E-state index contributed by atoms with van der Waals surface area (Å²) in [6, 6.07) is -0.122. The first-order valence-corrected chi connectivity index (χ1v) is 12.9. The average Bonchev–Trinajstić information content (AvgIpc) is 3.32. The molecule has 5 rings (SSSR count). The molecule has 0 spiro atoms. The maximum Gasteiger partial charge on any atom is 0.410 e. The predicted octanol–water partition coefficient (Wildman–Crippen LogP) is 2.71. The highest BCUT2D eigenvalue weighted by atomic mass is 35.5. The molecule has 0 aromatic carbocycles. The van der Waals surface area contributed by atoms with Crippen LogP contribution in [0.25, 0.3) is 5.83 Å². The molecule has 2 saturated heterocycles. The van der Waals surface area contributed by atoms with Crippen LogP contribution in [0, 0.1) is 0 Å². The number of aromatic nitrogens is 2. The Hall–Kier alpha value is -2.27. The lowest BCUT2D eigenvalue weighted by Gasteiger charge is -2.42. The van der Waals surface area contributed by atoms with Crippen molar-refractivity contribution in [1.82, 2.24) is 19.8 Å². The van der Waals surface area contributed by atoms with Gasteiger partial charge in [0.2, 0.25) is 5.16 Å². The number of halogens is 2. The Kier molecular flexibility index (Phi) is 5.39. The van der Waals surface area contributed by atoms with Gasteiger partial charge in [0, 0.05) is 25.9 Å². The van der Waals surface area contributed by atoms with E-state index in [1.54, 1.807) is 4.90 Å². The summed E-state index contributed by atoms with van der Waals surface area (Å²) in [7, 11) is -1.52. The molecular weight excluding hydrogens is 471 g/mol. The van der Waals surface area contributed by atoms with Crippen LogP contribution >= 0.6 is 11.6 Å². The number of rotatable bonds is 2. The number of anilines is 1. The Morgan fingerprint density at radius 3 is 2.48 bits per heavy atom. The van der Waals surface area contributed by atoms with Gasteiger partial charge in [-0.3, -0.25) is 14.1 Å². The van der Waals surface area contributed by atoms with Crippen molar-refractivity contribution in [2.24, 2.45) is 4.99 Å². The molecule has 4 aliphatic heterocycles. The fraction of sp³-hybridized carbons (Fsp3) is 0.619. The second-order valence-corrected chi connectivity index (χ2v) is 11.3. The first kappa shape index (κ1) is 22.5. The van der Waals surface area contributed by atoms with Crippen LogP contribution in [0.5, 0.6) is 0 Å². The average molecular weight is 497 g/mol. The van der Waals surface area contributed by atoms with Gasteiger partial charge in [0.05, 0.1) is 35.0 Å². The van der Waals surface area contributed by atoms with E-state index in [2.05, 4.69) is 15.0 Å². The molecule has 1 aromatic heterocycles. The lowest BCUT2D eigenvalue weighted by Crippen LogP contribution is -2.57. The molecule has 0 saturated carbocycles. The van der Waals surface area contributed by atoms with Crippen LogP contribution in [0.4, 0.5) is 15.0 Å². The summed E-state index contributed by atoms with van der Waals surface area (Å²) < 4.78 is 33.2. The van der Waals surface area contributed by atoms with Gasteiger partial charge in [-0.05, 0) is 33.6 Å². The quantitative estimate of drug-likeness (QED) is 0.459. The van der Waals surface area contributed by atoms with E-state index in [-0.39, 0.29) is 34.2 Å². The van der Waals surface area contributed by atoms with Crippen LogP contribution < -0.4 is 4.90 Å². The summed E-state index contributed by atoms with van der Waals surface area (Å²) in [5, 5.41) is -0.0246. The molecule has 3 unspecified atom stereocenters. The van der Waals surface area contributed by atoms with Gasteiger partial charge in [0.1, 0.15) is 28.1 Å². The Morgan fingerprint density at radius 2 is 1.88 bits per heavy atom. The molecule has 178 valence electrons. The summed E-state index contributed by atoms with van der Waals surface area (Å²) in [5.41, 5.74) is -0.0881. The highest BCUT2D eigenvalue weighted by Crippen LogP contribution is 2.41. The van der Waals surface area contributed by atoms with Crippen LogP contribution in [0.3, 0.4) is 0 Å². The van der Waals surface area contributed by atoms with Crippen LogP contribution in [0.2, 0.25) is 0 Å². The van der Waals surface area contributed by atoms with E-state index in [9.17, 15) is 9.00 Å². The van der Waals surface area contributed by atoms with E-state index in [4.69, 9.17) is 16.3 Å². The highest BCUT2D eigenvalue weighted by molar-refractivity contribution is 7.84. The summed E-state index contributed by atoms with van der Waals surface area (Å²) in [5.74, 6) is 0.343. The number of hydrogen-bond acceptors (Lipinski definition) is 8. The smallest absolute Gasteiger partial charge is 0.410 e. The van der Waals surface area contributed by atoms with Crippen molar-refractivity contribution in [2.75, 3.05) is 37.3 Å². The van der Waals surface area contributed by atoms with Crippen molar-refractivity contribution in [3.63, 3.8) is 0 Å².